The second-order valence-corrected chi connectivity index (χ2v) is 7.20. The van der Waals surface area contributed by atoms with Gasteiger partial charge in [-0.25, -0.2) is 0 Å². The van der Waals surface area contributed by atoms with Crippen LogP contribution in [0.5, 0.6) is 0 Å². The Labute approximate surface area is 144 Å². The van der Waals surface area contributed by atoms with E-state index in [9.17, 15) is 4.79 Å². The van der Waals surface area contributed by atoms with Gasteiger partial charge in [-0.1, -0.05) is 62.4 Å². The maximum atomic E-state index is 11.7. The maximum absolute atomic E-state index is 11.7. The summed E-state index contributed by atoms with van der Waals surface area (Å²) in [7, 11) is 0. The Hall–Kier alpha value is -2.22. The second kappa shape index (κ2) is 6.35. The van der Waals surface area contributed by atoms with E-state index in [1.807, 2.05) is 31.2 Å². The van der Waals surface area contributed by atoms with Crippen molar-refractivity contribution in [2.45, 2.75) is 45.4 Å². The number of hydrogen-bond donors (Lipinski definition) is 1. The third kappa shape index (κ3) is 3.19. The van der Waals surface area contributed by atoms with E-state index in [1.165, 1.54) is 24.0 Å². The third-order valence-corrected chi connectivity index (χ3v) is 5.36. The lowest BCUT2D eigenvalue weighted by atomic mass is 9.90. The number of rotatable bonds is 6. The van der Waals surface area contributed by atoms with Crippen LogP contribution in [0.2, 0.25) is 0 Å². The van der Waals surface area contributed by atoms with Gasteiger partial charge < -0.3 is 5.41 Å². The van der Waals surface area contributed by atoms with Gasteiger partial charge in [0, 0.05) is 5.71 Å². The van der Waals surface area contributed by atoms with Gasteiger partial charge in [-0.05, 0) is 53.9 Å². The van der Waals surface area contributed by atoms with Crippen molar-refractivity contribution in [3.05, 3.63) is 59.7 Å². The van der Waals surface area contributed by atoms with Crippen LogP contribution in [-0.4, -0.2) is 11.5 Å². The van der Waals surface area contributed by atoms with Gasteiger partial charge in [0.15, 0.2) is 0 Å². The lowest BCUT2D eigenvalue weighted by Crippen LogP contribution is -2.21. The van der Waals surface area contributed by atoms with Crippen molar-refractivity contribution in [2.75, 3.05) is 0 Å². The van der Waals surface area contributed by atoms with E-state index in [2.05, 4.69) is 31.2 Å². The molecular weight excluding hydrogens is 294 g/mol. The Balaban J connectivity index is 1.79. The lowest BCUT2D eigenvalue weighted by molar-refractivity contribution is -0.118. The molecule has 1 aliphatic rings. The van der Waals surface area contributed by atoms with Crippen LogP contribution in [0.25, 0.3) is 11.1 Å². The Morgan fingerprint density at radius 1 is 1.04 bits per heavy atom. The zero-order valence-electron chi connectivity index (χ0n) is 14.7. The number of carbonyl (C=O) groups is 1. The van der Waals surface area contributed by atoms with Gasteiger partial charge in [0.2, 0.25) is 0 Å². The summed E-state index contributed by atoms with van der Waals surface area (Å²) in [6, 6.07) is 16.9. The van der Waals surface area contributed by atoms with Crippen LogP contribution in [0.3, 0.4) is 0 Å². The van der Waals surface area contributed by atoms with Gasteiger partial charge in [-0.2, -0.15) is 0 Å². The quantitative estimate of drug-likeness (QED) is 0.713. The molecule has 1 N–H and O–H groups in total. The number of nitrogens with one attached hydrogen (secondary N) is 1. The van der Waals surface area contributed by atoms with E-state index in [1.54, 1.807) is 6.92 Å². The monoisotopic (exact) mass is 319 g/mol. The highest BCUT2D eigenvalue weighted by molar-refractivity contribution is 6.11. The summed E-state index contributed by atoms with van der Waals surface area (Å²) in [5.41, 5.74) is 5.43. The number of benzene rings is 2. The zero-order valence-corrected chi connectivity index (χ0v) is 14.7. The molecule has 1 fully saturated rings. The minimum absolute atomic E-state index is 0.0655. The summed E-state index contributed by atoms with van der Waals surface area (Å²) >= 11 is 0. The highest BCUT2D eigenvalue weighted by atomic mass is 16.1. The van der Waals surface area contributed by atoms with Gasteiger partial charge in [0.05, 0.1) is 5.92 Å². The van der Waals surface area contributed by atoms with Crippen molar-refractivity contribution in [2.24, 2.45) is 5.92 Å². The molecule has 1 saturated carbocycles. The van der Waals surface area contributed by atoms with Crippen LogP contribution in [-0.2, 0) is 10.2 Å². The van der Waals surface area contributed by atoms with E-state index in [0.717, 1.165) is 11.1 Å². The van der Waals surface area contributed by atoms with Gasteiger partial charge in [-0.15, -0.1) is 0 Å². The van der Waals surface area contributed by atoms with Crippen LogP contribution >= 0.6 is 0 Å². The van der Waals surface area contributed by atoms with E-state index in [0.29, 0.717) is 17.5 Å². The second-order valence-electron chi connectivity index (χ2n) is 7.20. The number of hydrogen-bond acceptors (Lipinski definition) is 2. The molecule has 2 heteroatoms. The summed E-state index contributed by atoms with van der Waals surface area (Å²) in [5.74, 6) is -0.231. The molecule has 0 saturated heterocycles. The van der Waals surface area contributed by atoms with E-state index in [4.69, 9.17) is 5.41 Å². The van der Waals surface area contributed by atoms with Crippen molar-refractivity contribution < 1.29 is 4.79 Å². The molecule has 124 valence electrons. The summed E-state index contributed by atoms with van der Waals surface area (Å²) in [5, 5.41) is 8.28. The fourth-order valence-corrected chi connectivity index (χ4v) is 3.28. The van der Waals surface area contributed by atoms with Gasteiger partial charge in [-0.3, -0.25) is 4.79 Å². The first kappa shape index (κ1) is 16.6. The number of carbonyl (C=O) groups excluding carboxylic acids is 1. The van der Waals surface area contributed by atoms with E-state index < -0.39 is 0 Å². The normalized spacial score (nSPS) is 16.5. The highest BCUT2D eigenvalue weighted by Gasteiger charge is 2.38. The first-order chi connectivity index (χ1) is 11.4. The molecular formula is C22H25NO. The molecule has 2 aromatic carbocycles. The molecule has 2 aromatic rings. The summed E-state index contributed by atoms with van der Waals surface area (Å²) in [6.07, 6.45) is 3.26. The van der Waals surface area contributed by atoms with Crippen molar-refractivity contribution >= 4 is 11.5 Å². The van der Waals surface area contributed by atoms with Gasteiger partial charge >= 0.3 is 0 Å². The molecule has 0 bridgehead atoms. The van der Waals surface area contributed by atoms with Crippen LogP contribution in [0.1, 0.15) is 51.2 Å². The van der Waals surface area contributed by atoms with Crippen molar-refractivity contribution in [1.82, 2.24) is 0 Å². The SMILES string of the molecule is CCC(C(=N)c1ccc(-c2ccc(C3(C)CC3)cc2)cc1)C(C)=O. The zero-order chi connectivity index (χ0) is 17.3. The molecule has 2 nitrogen and oxygen atoms in total. The minimum atomic E-state index is -0.297. The first-order valence-corrected chi connectivity index (χ1v) is 8.75. The fraction of sp³-hybridized carbons (Fsp3) is 0.364. The smallest absolute Gasteiger partial charge is 0.138 e. The third-order valence-electron chi connectivity index (χ3n) is 5.36. The Bertz CT molecular complexity index is 752. The Morgan fingerprint density at radius 2 is 1.54 bits per heavy atom. The Morgan fingerprint density at radius 3 is 1.96 bits per heavy atom. The van der Waals surface area contributed by atoms with Crippen LogP contribution in [0.4, 0.5) is 0 Å². The number of Topliss-reactive ketones (excluding diaryl/α,β-unsaturated/α-hetero) is 1. The molecule has 1 unspecified atom stereocenters. The molecule has 0 radical (unpaired) electrons. The van der Waals surface area contributed by atoms with Crippen LogP contribution < -0.4 is 0 Å². The molecule has 3 rings (SSSR count). The molecule has 24 heavy (non-hydrogen) atoms. The van der Waals surface area contributed by atoms with Crippen molar-refractivity contribution in [3.8, 4) is 11.1 Å². The minimum Gasteiger partial charge on any atom is -0.304 e. The predicted molar refractivity (Wildman–Crippen MR) is 99.8 cm³/mol. The molecule has 1 aliphatic carbocycles. The average Bonchev–Trinajstić information content (AvgIpc) is 3.34. The fourth-order valence-electron chi connectivity index (χ4n) is 3.28. The lowest BCUT2D eigenvalue weighted by Gasteiger charge is -2.14. The van der Waals surface area contributed by atoms with Gasteiger partial charge in [0.1, 0.15) is 5.78 Å². The first-order valence-electron chi connectivity index (χ1n) is 8.75. The van der Waals surface area contributed by atoms with Crippen molar-refractivity contribution in [1.29, 1.82) is 5.41 Å². The van der Waals surface area contributed by atoms with Crippen molar-refractivity contribution in [3.63, 3.8) is 0 Å². The molecule has 0 aliphatic heterocycles. The summed E-state index contributed by atoms with van der Waals surface area (Å²) < 4.78 is 0. The Kier molecular flexibility index (Phi) is 4.40. The summed E-state index contributed by atoms with van der Waals surface area (Å²) in [6.45, 7) is 5.84. The molecule has 0 amide bonds. The van der Waals surface area contributed by atoms with Crippen LogP contribution in [0, 0.1) is 11.3 Å². The molecule has 0 spiro atoms. The predicted octanol–water partition coefficient (Wildman–Crippen LogP) is 5.39. The van der Waals surface area contributed by atoms with Crippen LogP contribution in [0.15, 0.2) is 48.5 Å². The summed E-state index contributed by atoms with van der Waals surface area (Å²) in [4.78, 5) is 11.7. The standard InChI is InChI=1S/C22H25NO/c1-4-20(15(2)24)21(23)18-7-5-16(6-8-18)17-9-11-19(12-10-17)22(3)13-14-22/h5-12,20,23H,4,13-14H2,1-3H3. The van der Waals surface area contributed by atoms with E-state index >= 15 is 0 Å². The maximum Gasteiger partial charge on any atom is 0.138 e. The highest BCUT2D eigenvalue weighted by Crippen LogP contribution is 2.47. The average molecular weight is 319 g/mol. The van der Waals surface area contributed by atoms with E-state index in [-0.39, 0.29) is 11.7 Å². The number of ketones is 1. The van der Waals surface area contributed by atoms with Gasteiger partial charge in [0.25, 0.3) is 0 Å². The molecule has 0 aromatic heterocycles. The molecule has 0 heterocycles. The largest absolute Gasteiger partial charge is 0.304 e. The molecule has 1 atom stereocenters. The topological polar surface area (TPSA) is 40.9 Å².